The van der Waals surface area contributed by atoms with Crippen LogP contribution in [0, 0.1) is 0 Å². The summed E-state index contributed by atoms with van der Waals surface area (Å²) >= 11 is 0. The summed E-state index contributed by atoms with van der Waals surface area (Å²) in [6.45, 7) is -0.565. The number of phosphoric acid groups is 1. The molecule has 5 rings (SSSR count). The summed E-state index contributed by atoms with van der Waals surface area (Å²) in [7, 11) is -9.03. The van der Waals surface area contributed by atoms with Gasteiger partial charge in [0.25, 0.3) is 10.1 Å². The maximum absolute atomic E-state index is 12.4. The second-order valence-corrected chi connectivity index (χ2v) is 11.0. The molecule has 1 fully saturated rings. The van der Waals surface area contributed by atoms with E-state index in [9.17, 15) is 17.8 Å². The molecule has 5 N–H and O–H groups in total. The molecule has 202 valence electrons. The van der Waals surface area contributed by atoms with Crippen molar-refractivity contribution in [3.63, 3.8) is 0 Å². The lowest BCUT2D eigenvalue weighted by atomic mass is 9.94. The number of nitrogens with two attached hydrogens (primary N) is 1. The van der Waals surface area contributed by atoms with E-state index >= 15 is 0 Å². The topological polar surface area (TPSA) is 227 Å². The highest BCUT2D eigenvalue weighted by Gasteiger charge is 2.59. The Labute approximate surface area is 214 Å². The van der Waals surface area contributed by atoms with E-state index in [0.29, 0.717) is 0 Å². The van der Waals surface area contributed by atoms with Crippen molar-refractivity contribution in [1.29, 1.82) is 0 Å². The lowest BCUT2D eigenvalue weighted by molar-refractivity contribution is -0.0637. The third-order valence-corrected chi connectivity index (χ3v) is 7.31. The minimum Gasteiger partial charge on any atom is -0.444 e. The molecule has 2 aliphatic rings. The Kier molecular flexibility index (Phi) is 6.68. The van der Waals surface area contributed by atoms with Crippen molar-refractivity contribution in [2.24, 2.45) is 5.73 Å². The highest BCUT2D eigenvalue weighted by atomic mass is 32.2. The van der Waals surface area contributed by atoms with Gasteiger partial charge in [-0.15, -0.1) is 0 Å². The zero-order valence-electron chi connectivity index (χ0n) is 19.3. The molecule has 2 aromatic heterocycles. The van der Waals surface area contributed by atoms with Crippen LogP contribution >= 0.6 is 7.82 Å². The Morgan fingerprint density at radius 1 is 1.26 bits per heavy atom. The summed E-state index contributed by atoms with van der Waals surface area (Å²) in [5.74, 6) is 0.00344. The van der Waals surface area contributed by atoms with Gasteiger partial charge in [-0.1, -0.05) is 30.3 Å². The van der Waals surface area contributed by atoms with Gasteiger partial charge in [-0.25, -0.2) is 28.5 Å². The number of rotatable bonds is 7. The summed E-state index contributed by atoms with van der Waals surface area (Å²) in [5, 5.41) is 3.22. The lowest BCUT2D eigenvalue weighted by Gasteiger charge is -2.29. The first-order valence-electron chi connectivity index (χ1n) is 10.9. The molecule has 1 aromatic carbocycles. The van der Waals surface area contributed by atoms with E-state index in [-0.39, 0.29) is 35.7 Å². The quantitative estimate of drug-likeness (QED) is 0.229. The van der Waals surface area contributed by atoms with E-state index < -0.39 is 48.6 Å². The largest absolute Gasteiger partial charge is 0.469 e. The van der Waals surface area contributed by atoms with Gasteiger partial charge in [-0.2, -0.15) is 8.42 Å². The Hall–Kier alpha value is -3.44. The number of carbonyl (C=O) groups excluding carboxylic acids is 1. The molecule has 0 bridgehead atoms. The first kappa shape index (κ1) is 26.2. The zero-order valence-corrected chi connectivity index (χ0v) is 21.0. The number of nitrogens with one attached hydrogen (secondary N) is 1. The molecule has 16 nitrogen and oxygen atoms in total. The summed E-state index contributed by atoms with van der Waals surface area (Å²) in [5.41, 5.74) is 5.08. The second-order valence-electron chi connectivity index (χ2n) is 8.37. The van der Waals surface area contributed by atoms with E-state index in [1.807, 2.05) is 6.07 Å². The van der Waals surface area contributed by atoms with Crippen LogP contribution in [0.4, 0.5) is 10.6 Å². The normalized spacial score (nSPS) is 24.5. The van der Waals surface area contributed by atoms with Crippen molar-refractivity contribution >= 4 is 41.0 Å². The maximum atomic E-state index is 12.4. The molecular formula is C20H21N6O10PS. The first-order chi connectivity index (χ1) is 18.0. The third kappa shape index (κ3) is 5.25. The number of fused-ring (bicyclic) bond motifs is 1. The molecule has 0 radical (unpaired) electrons. The SMILES string of the molecule is NC1=CS(=O)(=O)O[C@@]12C[C@@H](COP(=O)(O)O)O[C@H]2n1cnc2c(NC(=O)OCc3ccccc3)ncnc21. The number of hydrogen-bond acceptors (Lipinski definition) is 12. The van der Waals surface area contributed by atoms with Gasteiger partial charge in [0.15, 0.2) is 28.8 Å². The molecule has 0 aliphatic carbocycles. The number of carbonyl (C=O) groups is 1. The van der Waals surface area contributed by atoms with Crippen LogP contribution in [0.5, 0.6) is 0 Å². The zero-order chi connectivity index (χ0) is 27.1. The molecule has 1 saturated heterocycles. The number of benzene rings is 1. The average molecular weight is 568 g/mol. The molecule has 2 aliphatic heterocycles. The summed E-state index contributed by atoms with van der Waals surface area (Å²) in [6.07, 6.45) is -0.962. The predicted molar refractivity (Wildman–Crippen MR) is 127 cm³/mol. The molecule has 3 atom stereocenters. The molecule has 0 unspecified atom stereocenters. The number of aromatic nitrogens is 4. The first-order valence-corrected chi connectivity index (χ1v) is 13.9. The second kappa shape index (κ2) is 9.70. The van der Waals surface area contributed by atoms with Crippen LogP contribution in [-0.4, -0.2) is 62.1 Å². The fraction of sp³-hybridized carbons (Fsp3) is 0.300. The summed E-state index contributed by atoms with van der Waals surface area (Å²) in [4.78, 5) is 42.9. The minimum absolute atomic E-state index is 0.00344. The van der Waals surface area contributed by atoms with Crippen molar-refractivity contribution in [3.05, 3.63) is 59.7 Å². The van der Waals surface area contributed by atoms with E-state index in [0.717, 1.165) is 17.3 Å². The van der Waals surface area contributed by atoms with Gasteiger partial charge in [-0.05, 0) is 5.56 Å². The third-order valence-electron chi connectivity index (χ3n) is 5.75. The van der Waals surface area contributed by atoms with Crippen molar-refractivity contribution in [1.82, 2.24) is 19.5 Å². The van der Waals surface area contributed by atoms with Crippen LogP contribution in [0.1, 0.15) is 18.2 Å². The lowest BCUT2D eigenvalue weighted by Crippen LogP contribution is -2.41. The molecule has 1 amide bonds. The standard InChI is InChI=1S/C20H21N6O10PS/c21-14-9-38(31,32)36-20(14)6-13(8-34-37(28,29)30)35-18(20)26-11-24-15-16(22-10-23-17(15)26)25-19(27)33-7-12-4-2-1-3-5-12/h1-5,9-11,13,18H,6-8,21H2,(H2,28,29,30)(H,22,23,25,27)/t13-,18+,20-/m0/s1. The monoisotopic (exact) mass is 568 g/mol. The maximum Gasteiger partial charge on any atom is 0.469 e. The van der Waals surface area contributed by atoms with Crippen LogP contribution in [0.2, 0.25) is 0 Å². The van der Waals surface area contributed by atoms with E-state index in [1.54, 1.807) is 24.3 Å². The number of amides is 1. The minimum atomic E-state index is -4.84. The molecule has 38 heavy (non-hydrogen) atoms. The molecule has 3 aromatic rings. The number of hydrogen-bond donors (Lipinski definition) is 4. The smallest absolute Gasteiger partial charge is 0.444 e. The Balaban J connectivity index is 1.42. The Morgan fingerprint density at radius 2 is 2.03 bits per heavy atom. The Morgan fingerprint density at radius 3 is 2.71 bits per heavy atom. The number of phosphoric ester groups is 1. The fourth-order valence-corrected chi connectivity index (χ4v) is 5.77. The van der Waals surface area contributed by atoms with Crippen molar-refractivity contribution < 1.29 is 45.7 Å². The van der Waals surface area contributed by atoms with E-state index in [1.165, 1.54) is 10.9 Å². The van der Waals surface area contributed by atoms with Gasteiger partial charge in [0.2, 0.25) is 0 Å². The van der Waals surface area contributed by atoms with Crippen molar-refractivity contribution in [3.8, 4) is 0 Å². The highest BCUT2D eigenvalue weighted by Crippen LogP contribution is 2.50. The van der Waals surface area contributed by atoms with E-state index in [2.05, 4.69) is 24.8 Å². The molecule has 0 saturated carbocycles. The fourth-order valence-electron chi connectivity index (χ4n) is 4.19. The van der Waals surface area contributed by atoms with Gasteiger partial charge < -0.3 is 25.0 Å². The molecule has 1 spiro atoms. The average Bonchev–Trinajstić information content (AvgIpc) is 3.50. The van der Waals surface area contributed by atoms with Crippen LogP contribution in [-0.2, 0) is 39.5 Å². The predicted octanol–water partition coefficient (Wildman–Crippen LogP) is 0.871. The van der Waals surface area contributed by atoms with Crippen molar-refractivity contribution in [2.45, 2.75) is 31.0 Å². The Bertz CT molecular complexity index is 1560. The number of imidazole rings is 1. The van der Waals surface area contributed by atoms with E-state index in [4.69, 9.17) is 29.2 Å². The molecule has 4 heterocycles. The van der Waals surface area contributed by atoms with Crippen LogP contribution in [0.3, 0.4) is 0 Å². The van der Waals surface area contributed by atoms with Gasteiger partial charge in [0.1, 0.15) is 12.9 Å². The number of anilines is 1. The number of nitrogens with zero attached hydrogens (tertiary/aromatic N) is 4. The molecule has 18 heteroatoms. The van der Waals surface area contributed by atoms with Gasteiger partial charge >= 0.3 is 13.9 Å². The van der Waals surface area contributed by atoms with Crippen LogP contribution < -0.4 is 11.1 Å². The van der Waals surface area contributed by atoms with Crippen molar-refractivity contribution in [2.75, 3.05) is 11.9 Å². The number of ether oxygens (including phenoxy) is 2. The van der Waals surface area contributed by atoms with Gasteiger partial charge in [0.05, 0.1) is 30.1 Å². The molecular weight excluding hydrogens is 547 g/mol. The highest BCUT2D eigenvalue weighted by molar-refractivity contribution is 7.90. The van der Waals surface area contributed by atoms with Crippen LogP contribution in [0.25, 0.3) is 11.2 Å². The summed E-state index contributed by atoms with van der Waals surface area (Å²) in [6, 6.07) is 9.02. The van der Waals surface area contributed by atoms with Crippen LogP contribution in [0.15, 0.2) is 54.1 Å². The van der Waals surface area contributed by atoms with Gasteiger partial charge in [-0.3, -0.25) is 14.4 Å². The van der Waals surface area contributed by atoms with Gasteiger partial charge in [0, 0.05) is 6.42 Å². The summed E-state index contributed by atoms with van der Waals surface area (Å²) < 4.78 is 57.9.